The molecule has 2 heterocycles. The van der Waals surface area contributed by atoms with E-state index in [1.165, 1.54) is 16.9 Å². The van der Waals surface area contributed by atoms with Crippen LogP contribution < -0.4 is 10.6 Å². The van der Waals surface area contributed by atoms with Gasteiger partial charge in [0, 0.05) is 34.5 Å². The molecule has 2 aromatic rings. The van der Waals surface area contributed by atoms with Crippen LogP contribution in [0.4, 0.5) is 5.13 Å². The van der Waals surface area contributed by atoms with Gasteiger partial charge in [-0.1, -0.05) is 24.3 Å². The summed E-state index contributed by atoms with van der Waals surface area (Å²) in [6, 6.07) is 8.18. The summed E-state index contributed by atoms with van der Waals surface area (Å²) in [6.07, 6.45) is 4.22. The first-order valence-electron chi connectivity index (χ1n) is 6.82. The van der Waals surface area contributed by atoms with Crippen LogP contribution >= 0.6 is 11.3 Å². The number of aromatic nitrogens is 1. The van der Waals surface area contributed by atoms with Gasteiger partial charge >= 0.3 is 0 Å². The molecular formula is C16H17N3OS. The normalized spacial score (nSPS) is 17.9. The lowest BCUT2D eigenvalue weighted by Gasteiger charge is -2.35. The van der Waals surface area contributed by atoms with Crippen LogP contribution in [0.15, 0.2) is 41.9 Å². The van der Waals surface area contributed by atoms with Gasteiger partial charge in [0.25, 0.3) is 5.91 Å². The van der Waals surface area contributed by atoms with Crippen LogP contribution in [0, 0.1) is 0 Å². The highest BCUT2D eigenvalue weighted by Crippen LogP contribution is 2.29. The first kappa shape index (κ1) is 13.8. The van der Waals surface area contributed by atoms with E-state index in [-0.39, 0.29) is 11.4 Å². The summed E-state index contributed by atoms with van der Waals surface area (Å²) in [4.78, 5) is 16.2. The fourth-order valence-electron chi connectivity index (χ4n) is 2.56. The number of nitrogens with one attached hydrogen (secondary N) is 2. The van der Waals surface area contributed by atoms with Crippen molar-refractivity contribution in [1.82, 2.24) is 10.3 Å². The topological polar surface area (TPSA) is 54.0 Å². The Hall–Kier alpha value is -2.14. The average Bonchev–Trinajstić information content (AvgIpc) is 2.90. The zero-order valence-corrected chi connectivity index (χ0v) is 12.8. The van der Waals surface area contributed by atoms with E-state index in [9.17, 15) is 4.79 Å². The number of thiazole rings is 1. The molecule has 2 N–H and O–H groups in total. The molecule has 1 aliphatic heterocycles. The number of anilines is 1. The maximum absolute atomic E-state index is 12.1. The van der Waals surface area contributed by atoms with Gasteiger partial charge in [0.15, 0.2) is 5.13 Å². The van der Waals surface area contributed by atoms with Gasteiger partial charge in [0.1, 0.15) is 0 Å². The Bertz CT molecular complexity index is 689. The fraction of sp³-hybridized carbons (Fsp3) is 0.250. The van der Waals surface area contributed by atoms with Gasteiger partial charge in [-0.25, -0.2) is 4.98 Å². The van der Waals surface area contributed by atoms with Crippen LogP contribution in [0.2, 0.25) is 0 Å². The molecule has 0 unspecified atom stereocenters. The lowest BCUT2D eigenvalue weighted by molar-refractivity contribution is -0.111. The summed E-state index contributed by atoms with van der Waals surface area (Å²) in [6.45, 7) is 4.27. The molecule has 0 aliphatic carbocycles. The second-order valence-electron chi connectivity index (χ2n) is 5.73. The summed E-state index contributed by atoms with van der Waals surface area (Å²) in [5.41, 5.74) is 3.14. The average molecular weight is 299 g/mol. The smallest absolute Gasteiger partial charge is 0.252 e. The maximum atomic E-state index is 12.1. The van der Waals surface area contributed by atoms with E-state index in [4.69, 9.17) is 0 Å². The Labute approximate surface area is 127 Å². The number of amides is 1. The quantitative estimate of drug-likeness (QED) is 0.838. The van der Waals surface area contributed by atoms with Gasteiger partial charge < -0.3 is 5.32 Å². The van der Waals surface area contributed by atoms with Crippen molar-refractivity contribution < 1.29 is 4.79 Å². The SMILES string of the molecule is CC1(C)Cc2ccccc2/C(=C/C(=O)Nc2nccs2)N1. The molecule has 0 saturated heterocycles. The van der Waals surface area contributed by atoms with Gasteiger partial charge in [0.05, 0.1) is 0 Å². The molecule has 4 nitrogen and oxygen atoms in total. The molecule has 0 saturated carbocycles. The third-order valence-electron chi connectivity index (χ3n) is 3.35. The number of nitrogens with zero attached hydrogens (tertiary/aromatic N) is 1. The van der Waals surface area contributed by atoms with Crippen molar-refractivity contribution in [1.29, 1.82) is 0 Å². The van der Waals surface area contributed by atoms with E-state index >= 15 is 0 Å². The van der Waals surface area contributed by atoms with Crippen molar-refractivity contribution >= 4 is 28.1 Å². The molecule has 1 aromatic heterocycles. The third kappa shape index (κ3) is 3.13. The minimum absolute atomic E-state index is 0.0678. The van der Waals surface area contributed by atoms with E-state index in [0.717, 1.165) is 17.7 Å². The second kappa shape index (κ2) is 5.33. The lowest BCUT2D eigenvalue weighted by Crippen LogP contribution is -2.44. The standard InChI is InChI=1S/C16H17N3OS/c1-16(2)10-11-5-3-4-6-12(11)13(19-16)9-14(20)18-15-17-7-8-21-15/h3-9,19H,10H2,1-2H3,(H,17,18,20)/b13-9-. The van der Waals surface area contributed by atoms with E-state index in [1.54, 1.807) is 12.3 Å². The lowest BCUT2D eigenvalue weighted by atomic mass is 9.86. The Morgan fingerprint density at radius 1 is 1.43 bits per heavy atom. The number of hydrogen-bond acceptors (Lipinski definition) is 4. The number of fused-ring (bicyclic) bond motifs is 1. The number of benzene rings is 1. The van der Waals surface area contributed by atoms with Gasteiger partial charge in [-0.3, -0.25) is 10.1 Å². The molecule has 0 spiro atoms. The third-order valence-corrected chi connectivity index (χ3v) is 4.04. The van der Waals surface area contributed by atoms with Crippen LogP contribution in [-0.2, 0) is 11.2 Å². The molecular weight excluding hydrogens is 282 g/mol. The zero-order chi connectivity index (χ0) is 14.9. The fourth-order valence-corrected chi connectivity index (χ4v) is 3.09. The predicted octanol–water partition coefficient (Wildman–Crippen LogP) is 3.05. The van der Waals surface area contributed by atoms with Crippen molar-refractivity contribution in [2.75, 3.05) is 5.32 Å². The van der Waals surface area contributed by atoms with Crippen LogP contribution in [0.5, 0.6) is 0 Å². The number of carbonyl (C=O) groups excluding carboxylic acids is 1. The summed E-state index contributed by atoms with van der Waals surface area (Å²) in [5, 5.41) is 8.67. The molecule has 0 bridgehead atoms. The molecule has 1 aliphatic rings. The van der Waals surface area contributed by atoms with Crippen LogP contribution in [-0.4, -0.2) is 16.4 Å². The summed E-state index contributed by atoms with van der Waals surface area (Å²) >= 11 is 1.41. The van der Waals surface area contributed by atoms with Gasteiger partial charge in [-0.05, 0) is 25.8 Å². The highest BCUT2D eigenvalue weighted by molar-refractivity contribution is 7.13. The van der Waals surface area contributed by atoms with Crippen LogP contribution in [0.1, 0.15) is 25.0 Å². The largest absolute Gasteiger partial charge is 0.379 e. The van der Waals surface area contributed by atoms with Gasteiger partial charge in [-0.15, -0.1) is 11.3 Å². The van der Waals surface area contributed by atoms with E-state index < -0.39 is 0 Å². The Morgan fingerprint density at radius 3 is 3.00 bits per heavy atom. The zero-order valence-electron chi connectivity index (χ0n) is 12.0. The second-order valence-corrected chi connectivity index (χ2v) is 6.62. The van der Waals surface area contributed by atoms with Crippen LogP contribution in [0.3, 0.4) is 0 Å². The number of carbonyl (C=O) groups is 1. The Morgan fingerprint density at radius 2 is 2.24 bits per heavy atom. The summed E-state index contributed by atoms with van der Waals surface area (Å²) in [7, 11) is 0. The molecule has 0 radical (unpaired) electrons. The van der Waals surface area contributed by atoms with Crippen molar-refractivity contribution in [3.8, 4) is 0 Å². The number of hydrogen-bond donors (Lipinski definition) is 2. The Kier molecular flexibility index (Phi) is 3.51. The summed E-state index contributed by atoms with van der Waals surface area (Å²) in [5.74, 6) is -0.167. The van der Waals surface area contributed by atoms with Crippen molar-refractivity contribution in [2.24, 2.45) is 0 Å². The van der Waals surface area contributed by atoms with Crippen molar-refractivity contribution in [2.45, 2.75) is 25.8 Å². The van der Waals surface area contributed by atoms with E-state index in [2.05, 4.69) is 35.5 Å². The highest BCUT2D eigenvalue weighted by atomic mass is 32.1. The predicted molar refractivity (Wildman–Crippen MR) is 86.1 cm³/mol. The minimum atomic E-state index is -0.167. The maximum Gasteiger partial charge on any atom is 0.252 e. The van der Waals surface area contributed by atoms with Gasteiger partial charge in [-0.2, -0.15) is 0 Å². The first-order valence-corrected chi connectivity index (χ1v) is 7.70. The molecule has 1 aromatic carbocycles. The molecule has 108 valence electrons. The van der Waals surface area contributed by atoms with Crippen molar-refractivity contribution in [3.63, 3.8) is 0 Å². The van der Waals surface area contributed by atoms with Crippen molar-refractivity contribution in [3.05, 3.63) is 53.0 Å². The molecule has 0 atom stereocenters. The molecule has 1 amide bonds. The minimum Gasteiger partial charge on any atom is -0.379 e. The molecule has 0 fully saturated rings. The first-order chi connectivity index (χ1) is 10.0. The van der Waals surface area contributed by atoms with E-state index in [1.807, 2.05) is 23.6 Å². The highest BCUT2D eigenvalue weighted by Gasteiger charge is 2.27. The molecule has 21 heavy (non-hydrogen) atoms. The molecule has 5 heteroatoms. The van der Waals surface area contributed by atoms with Gasteiger partial charge in [0.2, 0.25) is 0 Å². The summed E-state index contributed by atoms with van der Waals surface area (Å²) < 4.78 is 0. The monoisotopic (exact) mass is 299 g/mol. The van der Waals surface area contributed by atoms with E-state index in [0.29, 0.717) is 5.13 Å². The van der Waals surface area contributed by atoms with Crippen LogP contribution in [0.25, 0.3) is 5.70 Å². The molecule has 3 rings (SSSR count). The Balaban J connectivity index is 1.90. The number of rotatable bonds is 2.